The monoisotopic (exact) mass is 325 g/mol. The first kappa shape index (κ1) is 16.0. The van der Waals surface area contributed by atoms with E-state index in [1.54, 1.807) is 4.57 Å². The summed E-state index contributed by atoms with van der Waals surface area (Å²) in [5.41, 5.74) is 0.680. The largest absolute Gasteiger partial charge is 0.355 e. The van der Waals surface area contributed by atoms with Crippen LogP contribution in [0.1, 0.15) is 27.2 Å². The third kappa shape index (κ3) is 3.47. The molecule has 0 spiro atoms. The molecular weight excluding hydrogens is 306 g/mol. The summed E-state index contributed by atoms with van der Waals surface area (Å²) in [4.78, 5) is 28.9. The van der Waals surface area contributed by atoms with Crippen molar-refractivity contribution >= 4 is 39.2 Å². The summed E-state index contributed by atoms with van der Waals surface area (Å²) in [6, 6.07) is 1.84. The molecule has 2 aromatic rings. The zero-order valence-corrected chi connectivity index (χ0v) is 14.0. The summed E-state index contributed by atoms with van der Waals surface area (Å²) < 4.78 is 2.30. The summed E-state index contributed by atoms with van der Waals surface area (Å²) in [5, 5.41) is 5.05. The number of fused-ring (bicyclic) bond motifs is 1. The molecule has 0 bridgehead atoms. The number of thiophene rings is 1. The van der Waals surface area contributed by atoms with Crippen molar-refractivity contribution in [3.8, 4) is 0 Å². The number of carbonyl (C=O) groups is 1. The van der Waals surface area contributed by atoms with Crippen molar-refractivity contribution in [1.82, 2.24) is 14.9 Å². The number of amides is 1. The molecule has 21 heavy (non-hydrogen) atoms. The number of rotatable bonds is 6. The van der Waals surface area contributed by atoms with Crippen LogP contribution in [0.25, 0.3) is 10.2 Å². The van der Waals surface area contributed by atoms with E-state index in [9.17, 15) is 9.59 Å². The second kappa shape index (κ2) is 7.09. The van der Waals surface area contributed by atoms with Gasteiger partial charge in [-0.3, -0.25) is 14.2 Å². The van der Waals surface area contributed by atoms with E-state index in [4.69, 9.17) is 0 Å². The topological polar surface area (TPSA) is 64.0 Å². The maximum absolute atomic E-state index is 12.4. The van der Waals surface area contributed by atoms with Crippen LogP contribution in [-0.2, 0) is 11.3 Å². The van der Waals surface area contributed by atoms with E-state index >= 15 is 0 Å². The Bertz CT molecular complexity index is 693. The molecule has 7 heteroatoms. The number of thioether (sulfide) groups is 1. The maximum atomic E-state index is 12.4. The quantitative estimate of drug-likeness (QED) is 0.655. The van der Waals surface area contributed by atoms with Gasteiger partial charge in [-0.1, -0.05) is 18.7 Å². The van der Waals surface area contributed by atoms with Crippen molar-refractivity contribution in [3.63, 3.8) is 0 Å². The molecule has 0 radical (unpaired) electrons. The first-order chi connectivity index (χ1) is 10.1. The Morgan fingerprint density at radius 3 is 2.95 bits per heavy atom. The van der Waals surface area contributed by atoms with Crippen molar-refractivity contribution in [2.75, 3.05) is 6.54 Å². The third-order valence-electron chi connectivity index (χ3n) is 3.05. The van der Waals surface area contributed by atoms with Crippen LogP contribution >= 0.6 is 23.1 Å². The van der Waals surface area contributed by atoms with E-state index < -0.39 is 0 Å². The lowest BCUT2D eigenvalue weighted by Crippen LogP contribution is -2.32. The number of hydrogen-bond donors (Lipinski definition) is 1. The molecule has 0 aromatic carbocycles. The van der Waals surface area contributed by atoms with Gasteiger partial charge in [0.05, 0.1) is 10.8 Å². The highest BCUT2D eigenvalue weighted by molar-refractivity contribution is 8.00. The van der Waals surface area contributed by atoms with E-state index in [1.165, 1.54) is 23.1 Å². The van der Waals surface area contributed by atoms with Crippen molar-refractivity contribution in [2.45, 2.75) is 44.1 Å². The van der Waals surface area contributed by atoms with Gasteiger partial charge in [0.2, 0.25) is 5.91 Å². The molecule has 2 heterocycles. The molecule has 0 saturated heterocycles. The molecule has 0 aliphatic rings. The van der Waals surface area contributed by atoms with E-state index in [1.807, 2.05) is 32.2 Å². The van der Waals surface area contributed by atoms with Crippen LogP contribution in [0.15, 0.2) is 21.4 Å². The Morgan fingerprint density at radius 1 is 1.52 bits per heavy atom. The van der Waals surface area contributed by atoms with Crippen LogP contribution in [0.3, 0.4) is 0 Å². The van der Waals surface area contributed by atoms with E-state index in [0.717, 1.165) is 6.42 Å². The van der Waals surface area contributed by atoms with Gasteiger partial charge in [0.15, 0.2) is 5.16 Å². The third-order valence-corrected chi connectivity index (χ3v) is 5.03. The normalized spacial score (nSPS) is 12.5. The molecule has 2 rings (SSSR count). The SMILES string of the molecule is CCCNC(=O)C(C)Sc1nc2ccsc2c(=O)n1CC. The summed E-state index contributed by atoms with van der Waals surface area (Å²) in [6.07, 6.45) is 0.905. The van der Waals surface area contributed by atoms with Gasteiger partial charge in [0.25, 0.3) is 5.56 Å². The Kier molecular flexibility index (Phi) is 5.41. The lowest BCUT2D eigenvalue weighted by atomic mass is 10.4. The maximum Gasteiger partial charge on any atom is 0.272 e. The summed E-state index contributed by atoms with van der Waals surface area (Å²) in [7, 11) is 0. The number of nitrogens with one attached hydrogen (secondary N) is 1. The van der Waals surface area contributed by atoms with Crippen molar-refractivity contribution in [1.29, 1.82) is 0 Å². The molecule has 1 amide bonds. The smallest absolute Gasteiger partial charge is 0.272 e. The van der Waals surface area contributed by atoms with E-state index in [-0.39, 0.29) is 16.7 Å². The van der Waals surface area contributed by atoms with Crippen LogP contribution in [0.4, 0.5) is 0 Å². The highest BCUT2D eigenvalue weighted by Gasteiger charge is 2.18. The molecule has 5 nitrogen and oxygen atoms in total. The van der Waals surface area contributed by atoms with Crippen molar-refractivity contribution < 1.29 is 4.79 Å². The van der Waals surface area contributed by atoms with Crippen LogP contribution in [-0.4, -0.2) is 27.3 Å². The lowest BCUT2D eigenvalue weighted by Gasteiger charge is -2.14. The second-order valence-electron chi connectivity index (χ2n) is 4.63. The zero-order chi connectivity index (χ0) is 15.4. The van der Waals surface area contributed by atoms with Crippen molar-refractivity contribution in [3.05, 3.63) is 21.8 Å². The first-order valence-corrected chi connectivity index (χ1v) is 8.76. The molecule has 0 aliphatic heterocycles. The number of hydrogen-bond acceptors (Lipinski definition) is 5. The average Bonchev–Trinajstić information content (AvgIpc) is 2.93. The first-order valence-electron chi connectivity index (χ1n) is 7.00. The molecule has 0 aliphatic carbocycles. The van der Waals surface area contributed by atoms with Gasteiger partial charge in [-0.2, -0.15) is 0 Å². The number of nitrogens with zero attached hydrogens (tertiary/aromatic N) is 2. The fraction of sp³-hybridized carbons (Fsp3) is 0.500. The minimum absolute atomic E-state index is 0.0239. The molecule has 1 N–H and O–H groups in total. The van der Waals surface area contributed by atoms with Crippen LogP contribution in [0, 0.1) is 0 Å². The lowest BCUT2D eigenvalue weighted by molar-refractivity contribution is -0.120. The summed E-state index contributed by atoms with van der Waals surface area (Å²) in [6.45, 7) is 6.97. The Balaban J connectivity index is 2.29. The van der Waals surface area contributed by atoms with Gasteiger partial charge >= 0.3 is 0 Å². The highest BCUT2D eigenvalue weighted by Crippen LogP contribution is 2.24. The zero-order valence-electron chi connectivity index (χ0n) is 12.4. The predicted molar refractivity (Wildman–Crippen MR) is 88.2 cm³/mol. The summed E-state index contributed by atoms with van der Waals surface area (Å²) in [5.74, 6) is -0.0239. The molecule has 1 unspecified atom stereocenters. The van der Waals surface area contributed by atoms with Gasteiger partial charge < -0.3 is 5.32 Å². The van der Waals surface area contributed by atoms with Crippen LogP contribution in [0.2, 0.25) is 0 Å². The second-order valence-corrected chi connectivity index (χ2v) is 6.85. The van der Waals surface area contributed by atoms with Gasteiger partial charge in [0.1, 0.15) is 4.70 Å². The molecule has 2 aromatic heterocycles. The highest BCUT2D eigenvalue weighted by atomic mass is 32.2. The Labute approximate surface area is 131 Å². The van der Waals surface area contributed by atoms with E-state index in [2.05, 4.69) is 10.3 Å². The van der Waals surface area contributed by atoms with Gasteiger partial charge in [0, 0.05) is 13.1 Å². The fourth-order valence-corrected chi connectivity index (χ4v) is 3.67. The van der Waals surface area contributed by atoms with Crippen LogP contribution < -0.4 is 10.9 Å². The summed E-state index contributed by atoms with van der Waals surface area (Å²) >= 11 is 2.73. The standard InChI is InChI=1S/C14H19N3O2S2/c1-4-7-15-12(18)9(3)21-14-16-10-6-8-20-11(10)13(19)17(14)5-2/h6,8-9H,4-5,7H2,1-3H3,(H,15,18). The fourth-order valence-electron chi connectivity index (χ4n) is 1.90. The van der Waals surface area contributed by atoms with Crippen LogP contribution in [0.5, 0.6) is 0 Å². The minimum Gasteiger partial charge on any atom is -0.355 e. The Hall–Kier alpha value is -1.34. The minimum atomic E-state index is -0.280. The Morgan fingerprint density at radius 2 is 2.29 bits per heavy atom. The van der Waals surface area contributed by atoms with Crippen molar-refractivity contribution in [2.24, 2.45) is 0 Å². The molecule has 0 fully saturated rings. The molecule has 1 atom stereocenters. The molecule has 114 valence electrons. The van der Waals surface area contributed by atoms with E-state index in [0.29, 0.717) is 28.5 Å². The van der Waals surface area contributed by atoms with Gasteiger partial charge in [-0.05, 0) is 31.7 Å². The van der Waals surface area contributed by atoms with Gasteiger partial charge in [-0.15, -0.1) is 11.3 Å². The average molecular weight is 325 g/mol. The molecular formula is C14H19N3O2S2. The number of aromatic nitrogens is 2. The predicted octanol–water partition coefficient (Wildman–Crippen LogP) is 2.48. The molecule has 0 saturated carbocycles. The van der Waals surface area contributed by atoms with Gasteiger partial charge in [-0.25, -0.2) is 4.98 Å². The number of carbonyl (C=O) groups excluding carboxylic acids is 1.